The van der Waals surface area contributed by atoms with Crippen molar-refractivity contribution in [1.82, 2.24) is 5.43 Å². The van der Waals surface area contributed by atoms with E-state index in [0.29, 0.717) is 24.5 Å². The molecule has 0 fully saturated rings. The zero-order valence-electron chi connectivity index (χ0n) is 10.6. The molecule has 1 aromatic carbocycles. The summed E-state index contributed by atoms with van der Waals surface area (Å²) in [6, 6.07) is 0.709. The molecule has 3 N–H and O–H groups in total. The maximum atomic E-state index is 13.6. The molecule has 0 aromatic heterocycles. The molecule has 0 aliphatic heterocycles. The molecule has 0 amide bonds. The highest BCUT2D eigenvalue weighted by Gasteiger charge is 2.20. The fraction of sp³-hybridized carbons (Fsp3) is 0.538. The Hall–Kier alpha value is -1.07. The standard InChI is InChI=1S/C13H19F3N2/c1-8(2)4-3-5-12(18-17)13-10(15)6-9(14)7-11(13)16/h6-8,12,18H,3-5,17H2,1-2H3. The number of hydrogen-bond donors (Lipinski definition) is 2. The van der Waals surface area contributed by atoms with Gasteiger partial charge in [0, 0.05) is 17.7 Å². The van der Waals surface area contributed by atoms with Crippen molar-refractivity contribution in [2.24, 2.45) is 11.8 Å². The van der Waals surface area contributed by atoms with Gasteiger partial charge in [-0.25, -0.2) is 13.2 Å². The Bertz CT molecular complexity index is 371. The van der Waals surface area contributed by atoms with Gasteiger partial charge < -0.3 is 0 Å². The van der Waals surface area contributed by atoms with Gasteiger partial charge in [-0.3, -0.25) is 11.3 Å². The van der Waals surface area contributed by atoms with Gasteiger partial charge in [0.2, 0.25) is 0 Å². The number of nitrogens with one attached hydrogen (secondary N) is 1. The van der Waals surface area contributed by atoms with Crippen LogP contribution in [0.1, 0.15) is 44.7 Å². The fourth-order valence-electron chi connectivity index (χ4n) is 1.93. The van der Waals surface area contributed by atoms with Crippen molar-refractivity contribution in [2.75, 3.05) is 0 Å². The van der Waals surface area contributed by atoms with Crippen LogP contribution >= 0.6 is 0 Å². The summed E-state index contributed by atoms with van der Waals surface area (Å²) in [5.41, 5.74) is 2.20. The van der Waals surface area contributed by atoms with E-state index >= 15 is 0 Å². The second kappa shape index (κ2) is 6.75. The zero-order valence-corrected chi connectivity index (χ0v) is 10.6. The third-order valence-corrected chi connectivity index (χ3v) is 2.87. The number of nitrogens with two attached hydrogens (primary N) is 1. The molecule has 0 spiro atoms. The summed E-state index contributed by atoms with van der Waals surface area (Å²) in [6.45, 7) is 4.15. The monoisotopic (exact) mass is 260 g/mol. The maximum Gasteiger partial charge on any atom is 0.133 e. The molecule has 1 atom stereocenters. The summed E-state index contributed by atoms with van der Waals surface area (Å²) < 4.78 is 39.9. The first-order valence-electron chi connectivity index (χ1n) is 6.06. The molecule has 18 heavy (non-hydrogen) atoms. The second-order valence-electron chi connectivity index (χ2n) is 4.83. The molecule has 5 heteroatoms. The Kier molecular flexibility index (Phi) is 5.62. The lowest BCUT2D eigenvalue weighted by Gasteiger charge is -2.18. The quantitative estimate of drug-likeness (QED) is 0.607. The predicted octanol–water partition coefficient (Wildman–Crippen LogP) is 3.43. The predicted molar refractivity (Wildman–Crippen MR) is 65.1 cm³/mol. The average molecular weight is 260 g/mol. The van der Waals surface area contributed by atoms with E-state index < -0.39 is 23.5 Å². The summed E-state index contributed by atoms with van der Waals surface area (Å²) in [6.07, 6.45) is 2.25. The van der Waals surface area contributed by atoms with E-state index in [4.69, 9.17) is 5.84 Å². The molecule has 1 rings (SSSR count). The first-order valence-corrected chi connectivity index (χ1v) is 6.06. The minimum absolute atomic E-state index is 0.192. The first-order chi connectivity index (χ1) is 8.45. The van der Waals surface area contributed by atoms with Gasteiger partial charge in [0.15, 0.2) is 0 Å². The number of hydrogen-bond acceptors (Lipinski definition) is 2. The van der Waals surface area contributed by atoms with Crippen molar-refractivity contribution >= 4 is 0 Å². The Labute approximate surface area is 105 Å². The van der Waals surface area contributed by atoms with Gasteiger partial charge in [-0.1, -0.05) is 26.7 Å². The van der Waals surface area contributed by atoms with Crippen LogP contribution in [-0.4, -0.2) is 0 Å². The molecule has 0 aliphatic rings. The van der Waals surface area contributed by atoms with Crippen LogP contribution in [0.5, 0.6) is 0 Å². The van der Waals surface area contributed by atoms with E-state index in [9.17, 15) is 13.2 Å². The summed E-state index contributed by atoms with van der Waals surface area (Å²) in [5.74, 6) is 3.11. The van der Waals surface area contributed by atoms with Crippen LogP contribution in [0.3, 0.4) is 0 Å². The van der Waals surface area contributed by atoms with Crippen molar-refractivity contribution in [1.29, 1.82) is 0 Å². The smallest absolute Gasteiger partial charge is 0.133 e. The van der Waals surface area contributed by atoms with Crippen LogP contribution in [0.15, 0.2) is 12.1 Å². The van der Waals surface area contributed by atoms with E-state index in [-0.39, 0.29) is 5.56 Å². The molecule has 1 unspecified atom stereocenters. The van der Waals surface area contributed by atoms with Crippen molar-refractivity contribution in [3.8, 4) is 0 Å². The largest absolute Gasteiger partial charge is 0.271 e. The first kappa shape index (κ1) is 15.0. The number of benzene rings is 1. The van der Waals surface area contributed by atoms with Gasteiger partial charge in [0.05, 0.1) is 6.04 Å². The number of rotatable bonds is 6. The second-order valence-corrected chi connectivity index (χ2v) is 4.83. The van der Waals surface area contributed by atoms with Crippen molar-refractivity contribution in [3.05, 3.63) is 35.1 Å². The van der Waals surface area contributed by atoms with E-state index in [1.165, 1.54) is 0 Å². The van der Waals surface area contributed by atoms with Gasteiger partial charge in [0.1, 0.15) is 17.5 Å². The molecule has 0 aliphatic carbocycles. The fourth-order valence-corrected chi connectivity index (χ4v) is 1.93. The Balaban J connectivity index is 2.82. The zero-order chi connectivity index (χ0) is 13.7. The Morgan fingerprint density at radius 1 is 1.11 bits per heavy atom. The van der Waals surface area contributed by atoms with E-state index in [1.807, 2.05) is 0 Å². The minimum atomic E-state index is -0.924. The summed E-state index contributed by atoms with van der Waals surface area (Å²) >= 11 is 0. The molecule has 102 valence electrons. The molecular weight excluding hydrogens is 241 g/mol. The van der Waals surface area contributed by atoms with Crippen molar-refractivity contribution in [2.45, 2.75) is 39.2 Å². The van der Waals surface area contributed by atoms with Crippen LogP contribution < -0.4 is 11.3 Å². The minimum Gasteiger partial charge on any atom is -0.271 e. The Morgan fingerprint density at radius 2 is 1.67 bits per heavy atom. The number of hydrazine groups is 1. The highest BCUT2D eigenvalue weighted by atomic mass is 19.1. The van der Waals surface area contributed by atoms with Gasteiger partial charge in [-0.15, -0.1) is 0 Å². The molecule has 0 saturated heterocycles. The van der Waals surface area contributed by atoms with Crippen molar-refractivity contribution < 1.29 is 13.2 Å². The maximum absolute atomic E-state index is 13.6. The summed E-state index contributed by atoms with van der Waals surface area (Å²) in [4.78, 5) is 0. The highest BCUT2D eigenvalue weighted by Crippen LogP contribution is 2.26. The van der Waals surface area contributed by atoms with Crippen LogP contribution in [0.25, 0.3) is 0 Å². The molecular formula is C13H19F3N2. The lowest BCUT2D eigenvalue weighted by Crippen LogP contribution is -2.29. The van der Waals surface area contributed by atoms with E-state index in [2.05, 4.69) is 19.3 Å². The van der Waals surface area contributed by atoms with Gasteiger partial charge in [0.25, 0.3) is 0 Å². The summed E-state index contributed by atoms with van der Waals surface area (Å²) in [5, 5.41) is 0. The highest BCUT2D eigenvalue weighted by molar-refractivity contribution is 5.24. The lowest BCUT2D eigenvalue weighted by atomic mass is 9.97. The average Bonchev–Trinajstić information content (AvgIpc) is 2.25. The summed E-state index contributed by atoms with van der Waals surface area (Å²) in [7, 11) is 0. The van der Waals surface area contributed by atoms with E-state index in [1.54, 1.807) is 0 Å². The normalized spacial score (nSPS) is 13.1. The van der Waals surface area contributed by atoms with Gasteiger partial charge >= 0.3 is 0 Å². The Morgan fingerprint density at radius 3 is 2.11 bits per heavy atom. The van der Waals surface area contributed by atoms with Gasteiger partial charge in [-0.2, -0.15) is 0 Å². The molecule has 1 aromatic rings. The van der Waals surface area contributed by atoms with Crippen molar-refractivity contribution in [3.63, 3.8) is 0 Å². The lowest BCUT2D eigenvalue weighted by molar-refractivity contribution is 0.418. The molecule has 0 heterocycles. The van der Waals surface area contributed by atoms with Crippen LogP contribution in [0.2, 0.25) is 0 Å². The topological polar surface area (TPSA) is 38.0 Å². The van der Waals surface area contributed by atoms with Crippen LogP contribution in [-0.2, 0) is 0 Å². The molecule has 2 nitrogen and oxygen atoms in total. The SMILES string of the molecule is CC(C)CCCC(NN)c1c(F)cc(F)cc1F. The molecule has 0 saturated carbocycles. The van der Waals surface area contributed by atoms with Gasteiger partial charge in [-0.05, 0) is 12.3 Å². The molecule has 0 radical (unpaired) electrons. The van der Waals surface area contributed by atoms with Crippen LogP contribution in [0.4, 0.5) is 13.2 Å². The molecule has 0 bridgehead atoms. The number of halogens is 3. The third kappa shape index (κ3) is 3.99. The van der Waals surface area contributed by atoms with Crippen LogP contribution in [0, 0.1) is 23.4 Å². The third-order valence-electron chi connectivity index (χ3n) is 2.87. The van der Waals surface area contributed by atoms with E-state index in [0.717, 1.165) is 12.8 Å².